The Kier molecular flexibility index (Phi) is 43.9. The number of unbranched alkanes of at least 4 members (excludes halogenated alkanes) is 16. The number of nitrogens with two attached hydrogens (primary N) is 1. The molecule has 3 N–H and O–H groups in total. The third kappa shape index (κ3) is 44.8. The second kappa shape index (κ2) is 45.8. The largest absolute Gasteiger partial charge is 0.472 e. The highest BCUT2D eigenvalue weighted by molar-refractivity contribution is 7.47. The van der Waals surface area contributed by atoms with E-state index in [1.165, 1.54) is 77.0 Å². The van der Waals surface area contributed by atoms with Crippen LogP contribution in [-0.2, 0) is 27.9 Å². The normalized spacial score (nSPS) is 14.2. The van der Waals surface area contributed by atoms with Crippen LogP contribution in [0.4, 0.5) is 0 Å². The Bertz CT molecular complexity index is 1160. The molecule has 0 aliphatic rings. The van der Waals surface area contributed by atoms with E-state index in [1.807, 2.05) is 0 Å². The monoisotopic (exact) mass is 832 g/mol. The fourth-order valence-corrected chi connectivity index (χ4v) is 6.70. The van der Waals surface area contributed by atoms with Crippen LogP contribution in [0.1, 0.15) is 181 Å². The first-order valence-corrected chi connectivity index (χ1v) is 24.6. The van der Waals surface area contributed by atoms with E-state index in [-0.39, 0.29) is 32.3 Å². The minimum atomic E-state index is -4.30. The molecule has 0 radical (unpaired) electrons. The number of ether oxygens (including phenoxy) is 2. The summed E-state index contributed by atoms with van der Waals surface area (Å²) in [4.78, 5) is 22.5. The standard InChI is InChI=1S/C49H86NO7P/c1-3-5-7-9-11-13-15-17-19-21-22-23-24-25-27-29-31-33-35-37-39-41-44-54-46-48(47-56-58(52,53)55-45-43-50)57-49(51)42-40-38-36-34-32-30-28-26-20-18-16-14-12-10-8-6-4-2/h5,7,11,13,17-20,22-23,25,27,31,33,48H,3-4,6,8-10,12,14-16,21,24,26,28-30,32,34-47,50H2,1-2H3,(H,52,53)/b7-5-,13-11-,19-17-,20-18-,23-22-,27-25-,33-31-. The lowest BCUT2D eigenvalue weighted by Gasteiger charge is -2.20. The first-order chi connectivity index (χ1) is 28.4. The van der Waals surface area contributed by atoms with E-state index in [1.54, 1.807) is 0 Å². The van der Waals surface area contributed by atoms with E-state index >= 15 is 0 Å². The second-order valence-electron chi connectivity index (χ2n) is 14.9. The molecule has 0 rings (SSSR count). The number of rotatable bonds is 43. The molecule has 58 heavy (non-hydrogen) atoms. The predicted octanol–water partition coefficient (Wildman–Crippen LogP) is 14.1. The summed E-state index contributed by atoms with van der Waals surface area (Å²) >= 11 is 0. The molecular weight excluding hydrogens is 746 g/mol. The van der Waals surface area contributed by atoms with Gasteiger partial charge in [-0.25, -0.2) is 4.57 Å². The maximum atomic E-state index is 12.6. The number of carbonyl (C=O) groups is 1. The van der Waals surface area contributed by atoms with Gasteiger partial charge in [-0.3, -0.25) is 13.8 Å². The van der Waals surface area contributed by atoms with Gasteiger partial charge in [-0.1, -0.05) is 170 Å². The van der Waals surface area contributed by atoms with E-state index in [0.717, 1.165) is 83.5 Å². The molecular formula is C49H86NO7P. The molecule has 0 aromatic rings. The molecule has 0 saturated heterocycles. The molecule has 9 heteroatoms. The van der Waals surface area contributed by atoms with Crippen LogP contribution in [0.15, 0.2) is 85.1 Å². The second-order valence-corrected chi connectivity index (χ2v) is 16.3. The minimum absolute atomic E-state index is 0.0873. The van der Waals surface area contributed by atoms with Crippen molar-refractivity contribution in [2.24, 2.45) is 5.73 Å². The molecule has 0 spiro atoms. The zero-order chi connectivity index (χ0) is 42.3. The van der Waals surface area contributed by atoms with Gasteiger partial charge in [0.1, 0.15) is 6.10 Å². The molecule has 0 aromatic heterocycles. The lowest BCUT2D eigenvalue weighted by atomic mass is 10.1. The van der Waals surface area contributed by atoms with Gasteiger partial charge in [0, 0.05) is 19.6 Å². The van der Waals surface area contributed by atoms with Gasteiger partial charge < -0.3 is 20.1 Å². The summed E-state index contributed by atoms with van der Waals surface area (Å²) in [6.07, 6.45) is 58.9. The molecule has 334 valence electrons. The maximum Gasteiger partial charge on any atom is 0.472 e. The van der Waals surface area contributed by atoms with E-state index in [4.69, 9.17) is 24.3 Å². The van der Waals surface area contributed by atoms with Crippen molar-refractivity contribution in [1.82, 2.24) is 0 Å². The minimum Gasteiger partial charge on any atom is -0.457 e. The van der Waals surface area contributed by atoms with Crippen LogP contribution in [0.5, 0.6) is 0 Å². The van der Waals surface area contributed by atoms with Gasteiger partial charge in [0.05, 0.1) is 19.8 Å². The molecule has 0 aliphatic heterocycles. The predicted molar refractivity (Wildman–Crippen MR) is 247 cm³/mol. The molecule has 0 heterocycles. The summed E-state index contributed by atoms with van der Waals surface area (Å²) in [5, 5.41) is 0. The van der Waals surface area contributed by atoms with Crippen molar-refractivity contribution in [2.75, 3.05) is 33.0 Å². The van der Waals surface area contributed by atoms with Crippen molar-refractivity contribution in [3.8, 4) is 0 Å². The fourth-order valence-electron chi connectivity index (χ4n) is 5.93. The topological polar surface area (TPSA) is 117 Å². The summed E-state index contributed by atoms with van der Waals surface area (Å²) in [5.74, 6) is -0.350. The number of phosphoric ester groups is 1. The number of esters is 1. The first-order valence-electron chi connectivity index (χ1n) is 23.1. The van der Waals surface area contributed by atoms with Crippen molar-refractivity contribution in [1.29, 1.82) is 0 Å². The molecule has 0 saturated carbocycles. The van der Waals surface area contributed by atoms with Crippen LogP contribution in [-0.4, -0.2) is 49.9 Å². The van der Waals surface area contributed by atoms with Gasteiger partial charge in [-0.05, 0) is 89.9 Å². The van der Waals surface area contributed by atoms with E-state index in [9.17, 15) is 14.3 Å². The van der Waals surface area contributed by atoms with E-state index in [0.29, 0.717) is 13.0 Å². The average Bonchev–Trinajstić information content (AvgIpc) is 3.21. The van der Waals surface area contributed by atoms with Gasteiger partial charge in [0.15, 0.2) is 0 Å². The Morgan fingerprint density at radius 1 is 0.534 bits per heavy atom. The zero-order valence-electron chi connectivity index (χ0n) is 37.0. The SMILES string of the molecule is CC/C=C\C/C=C\C/C=C\C/C=C\C/C=C\C/C=C\CCCCCOCC(COP(=O)(O)OCCN)OC(=O)CCCCCCCCC/C=C\CCCCCCCC. The Balaban J connectivity index is 4.11. The van der Waals surface area contributed by atoms with Crippen molar-refractivity contribution >= 4 is 13.8 Å². The third-order valence-corrected chi connectivity index (χ3v) is 10.3. The highest BCUT2D eigenvalue weighted by atomic mass is 31.2. The smallest absolute Gasteiger partial charge is 0.457 e. The highest BCUT2D eigenvalue weighted by Gasteiger charge is 2.25. The Morgan fingerprint density at radius 2 is 0.966 bits per heavy atom. The Hall–Kier alpha value is -2.32. The van der Waals surface area contributed by atoms with Crippen LogP contribution in [0, 0.1) is 0 Å². The molecule has 0 aliphatic carbocycles. The molecule has 0 fully saturated rings. The number of allylic oxidation sites excluding steroid dienone is 14. The Morgan fingerprint density at radius 3 is 1.47 bits per heavy atom. The number of carbonyl (C=O) groups excluding carboxylic acids is 1. The Labute approximate surface area is 356 Å². The number of hydrogen-bond acceptors (Lipinski definition) is 7. The van der Waals surface area contributed by atoms with Crippen LogP contribution in [0.3, 0.4) is 0 Å². The van der Waals surface area contributed by atoms with Gasteiger partial charge in [0.2, 0.25) is 0 Å². The molecule has 0 bridgehead atoms. The van der Waals surface area contributed by atoms with Crippen LogP contribution >= 0.6 is 7.82 Å². The average molecular weight is 832 g/mol. The van der Waals surface area contributed by atoms with Gasteiger partial charge in [0.25, 0.3) is 0 Å². The van der Waals surface area contributed by atoms with Crippen molar-refractivity contribution in [3.63, 3.8) is 0 Å². The van der Waals surface area contributed by atoms with Crippen LogP contribution in [0.25, 0.3) is 0 Å². The summed E-state index contributed by atoms with van der Waals surface area (Å²) < 4.78 is 33.4. The number of phosphoric acid groups is 1. The fraction of sp³-hybridized carbons (Fsp3) is 0.694. The summed E-state index contributed by atoms with van der Waals surface area (Å²) in [6, 6.07) is 0. The van der Waals surface area contributed by atoms with E-state index < -0.39 is 13.9 Å². The van der Waals surface area contributed by atoms with Crippen molar-refractivity contribution in [2.45, 2.75) is 187 Å². The lowest BCUT2D eigenvalue weighted by molar-refractivity contribution is -0.154. The summed E-state index contributed by atoms with van der Waals surface area (Å²) in [6.45, 7) is 4.70. The number of hydrogen-bond donors (Lipinski definition) is 2. The molecule has 8 nitrogen and oxygen atoms in total. The maximum absolute atomic E-state index is 12.6. The van der Waals surface area contributed by atoms with Crippen molar-refractivity contribution < 1.29 is 32.8 Å². The molecule has 0 aromatic carbocycles. The summed E-state index contributed by atoms with van der Waals surface area (Å²) in [5.41, 5.74) is 5.37. The zero-order valence-corrected chi connectivity index (χ0v) is 37.9. The van der Waals surface area contributed by atoms with Gasteiger partial charge in [-0.15, -0.1) is 0 Å². The lowest BCUT2D eigenvalue weighted by Crippen LogP contribution is -2.28. The highest BCUT2D eigenvalue weighted by Crippen LogP contribution is 2.43. The van der Waals surface area contributed by atoms with Crippen molar-refractivity contribution in [3.05, 3.63) is 85.1 Å². The first kappa shape index (κ1) is 55.7. The van der Waals surface area contributed by atoms with Gasteiger partial charge in [-0.2, -0.15) is 0 Å². The van der Waals surface area contributed by atoms with E-state index in [2.05, 4.69) is 98.9 Å². The molecule has 0 amide bonds. The van der Waals surface area contributed by atoms with Gasteiger partial charge >= 0.3 is 13.8 Å². The quantitative estimate of drug-likeness (QED) is 0.0270. The van der Waals surface area contributed by atoms with Crippen LogP contribution < -0.4 is 5.73 Å². The third-order valence-electron chi connectivity index (χ3n) is 9.30. The molecule has 2 atom stereocenters. The summed E-state index contributed by atoms with van der Waals surface area (Å²) in [7, 11) is -4.30. The molecule has 2 unspecified atom stereocenters. The van der Waals surface area contributed by atoms with Crippen LogP contribution in [0.2, 0.25) is 0 Å².